The number of hydrogen-bond donors (Lipinski definition) is 2. The van der Waals surface area contributed by atoms with Gasteiger partial charge in [-0.05, 0) is 60.6 Å². The molecule has 0 aliphatic rings. The van der Waals surface area contributed by atoms with Gasteiger partial charge in [-0.1, -0.05) is 23.7 Å². The molecule has 0 radical (unpaired) electrons. The third-order valence-electron chi connectivity index (χ3n) is 2.94. The molecule has 0 aromatic heterocycles. The summed E-state index contributed by atoms with van der Waals surface area (Å²) in [6.45, 7) is 2.84. The molecule has 0 spiro atoms. The van der Waals surface area contributed by atoms with Crippen molar-refractivity contribution < 1.29 is 9.47 Å². The second-order valence-corrected chi connectivity index (χ2v) is 5.67. The van der Waals surface area contributed by atoms with Gasteiger partial charge in [-0.25, -0.2) is 0 Å². The zero-order valence-electron chi connectivity index (χ0n) is 13.2. The molecule has 0 aliphatic carbocycles. The Kier molecular flexibility index (Phi) is 6.84. The molecule has 0 amide bonds. The minimum atomic E-state index is 0.109. The van der Waals surface area contributed by atoms with Gasteiger partial charge < -0.3 is 15.2 Å². The summed E-state index contributed by atoms with van der Waals surface area (Å²) in [5.74, 6) is 1.29. The van der Waals surface area contributed by atoms with Gasteiger partial charge in [-0.15, -0.1) is 0 Å². The molecule has 2 aromatic rings. The van der Waals surface area contributed by atoms with Crippen molar-refractivity contribution in [3.63, 3.8) is 0 Å². The van der Waals surface area contributed by atoms with Gasteiger partial charge in [0.1, 0.15) is 6.61 Å². The maximum atomic E-state index is 5.98. The van der Waals surface area contributed by atoms with Crippen LogP contribution in [0.25, 0.3) is 0 Å². The average molecular weight is 364 g/mol. The normalized spacial score (nSPS) is 10.6. The van der Waals surface area contributed by atoms with Crippen molar-refractivity contribution in [2.24, 2.45) is 10.8 Å². The van der Waals surface area contributed by atoms with Crippen molar-refractivity contribution in [2.75, 3.05) is 6.61 Å². The lowest BCUT2D eigenvalue weighted by molar-refractivity contribution is 0.269. The fourth-order valence-electron chi connectivity index (χ4n) is 1.95. The van der Waals surface area contributed by atoms with Gasteiger partial charge in [0.05, 0.1) is 12.8 Å². The summed E-state index contributed by atoms with van der Waals surface area (Å²) in [7, 11) is 0. The van der Waals surface area contributed by atoms with Crippen LogP contribution in [0, 0.1) is 0 Å². The molecule has 0 saturated carbocycles. The van der Waals surface area contributed by atoms with E-state index in [0.717, 1.165) is 11.1 Å². The van der Waals surface area contributed by atoms with Crippen LogP contribution in [0.2, 0.25) is 5.02 Å². The second kappa shape index (κ2) is 9.10. The minimum absolute atomic E-state index is 0.109. The molecule has 0 unspecified atom stereocenters. The fraction of sp³-hybridized carbons (Fsp3) is 0.176. The summed E-state index contributed by atoms with van der Waals surface area (Å²) in [4.78, 5) is 0. The molecule has 0 bridgehead atoms. The minimum Gasteiger partial charge on any atom is -0.490 e. The van der Waals surface area contributed by atoms with E-state index >= 15 is 0 Å². The zero-order valence-corrected chi connectivity index (χ0v) is 14.7. The van der Waals surface area contributed by atoms with Crippen molar-refractivity contribution in [3.8, 4) is 11.5 Å². The maximum Gasteiger partial charge on any atom is 0.184 e. The predicted octanol–water partition coefficient (Wildman–Crippen LogP) is 3.48. The SMILES string of the molecule is CCOc1cc(C=NNC(N)=S)ccc1OCc1cccc(Cl)c1. The molecule has 0 heterocycles. The van der Waals surface area contributed by atoms with Crippen molar-refractivity contribution in [1.29, 1.82) is 0 Å². The molecule has 5 nitrogen and oxygen atoms in total. The van der Waals surface area contributed by atoms with Gasteiger partial charge in [0.25, 0.3) is 0 Å². The van der Waals surface area contributed by atoms with Crippen molar-refractivity contribution in [2.45, 2.75) is 13.5 Å². The Bertz CT molecular complexity index is 738. The van der Waals surface area contributed by atoms with Gasteiger partial charge in [0.15, 0.2) is 16.6 Å². The van der Waals surface area contributed by atoms with Crippen LogP contribution in [0.5, 0.6) is 11.5 Å². The highest BCUT2D eigenvalue weighted by atomic mass is 35.5. The number of hydrogen-bond acceptors (Lipinski definition) is 4. The van der Waals surface area contributed by atoms with Crippen LogP contribution < -0.4 is 20.6 Å². The molecule has 2 aromatic carbocycles. The number of nitrogens with one attached hydrogen (secondary N) is 1. The predicted molar refractivity (Wildman–Crippen MR) is 101 cm³/mol. The molecule has 7 heteroatoms. The molecule has 0 saturated heterocycles. The van der Waals surface area contributed by atoms with E-state index in [1.807, 2.05) is 49.4 Å². The summed E-state index contributed by atoms with van der Waals surface area (Å²) in [5, 5.41) is 4.71. The molecule has 126 valence electrons. The summed E-state index contributed by atoms with van der Waals surface area (Å²) >= 11 is 10.7. The topological polar surface area (TPSA) is 68.9 Å². The Morgan fingerprint density at radius 2 is 2.08 bits per heavy atom. The third-order valence-corrected chi connectivity index (χ3v) is 3.27. The summed E-state index contributed by atoms with van der Waals surface area (Å²) in [6.07, 6.45) is 1.60. The number of nitrogens with two attached hydrogens (primary N) is 1. The molecule has 2 rings (SSSR count). The maximum absolute atomic E-state index is 5.98. The van der Waals surface area contributed by atoms with Crippen LogP contribution in [-0.2, 0) is 6.61 Å². The zero-order chi connectivity index (χ0) is 17.4. The summed E-state index contributed by atoms with van der Waals surface area (Å²) < 4.78 is 11.5. The van der Waals surface area contributed by atoms with Crippen LogP contribution in [0.3, 0.4) is 0 Å². The molecular weight excluding hydrogens is 346 g/mol. The molecule has 3 N–H and O–H groups in total. The highest BCUT2D eigenvalue weighted by Crippen LogP contribution is 2.29. The third kappa shape index (κ3) is 5.72. The monoisotopic (exact) mass is 363 g/mol. The van der Waals surface area contributed by atoms with Crippen LogP contribution in [0.1, 0.15) is 18.1 Å². The lowest BCUT2D eigenvalue weighted by Gasteiger charge is -2.12. The van der Waals surface area contributed by atoms with E-state index in [1.54, 1.807) is 6.21 Å². The Morgan fingerprint density at radius 1 is 1.25 bits per heavy atom. The standard InChI is InChI=1S/C17H18ClN3O2S/c1-2-22-16-9-12(10-20-21-17(19)24)6-7-15(16)23-11-13-4-3-5-14(18)8-13/h3-10H,2,11H2,1H3,(H3,19,21,24). The number of ether oxygens (including phenoxy) is 2. The summed E-state index contributed by atoms with van der Waals surface area (Å²) in [5.41, 5.74) is 9.64. The largest absolute Gasteiger partial charge is 0.490 e. The van der Waals surface area contributed by atoms with E-state index in [-0.39, 0.29) is 5.11 Å². The van der Waals surface area contributed by atoms with E-state index < -0.39 is 0 Å². The number of benzene rings is 2. The molecule has 24 heavy (non-hydrogen) atoms. The highest BCUT2D eigenvalue weighted by molar-refractivity contribution is 7.80. The lowest BCUT2D eigenvalue weighted by atomic mass is 10.2. The van der Waals surface area contributed by atoms with Crippen molar-refractivity contribution in [1.82, 2.24) is 5.43 Å². The molecular formula is C17H18ClN3O2S. The molecule has 0 aliphatic heterocycles. The Balaban J connectivity index is 2.10. The van der Waals surface area contributed by atoms with Crippen molar-refractivity contribution >= 4 is 35.1 Å². The lowest BCUT2D eigenvalue weighted by Crippen LogP contribution is -2.23. The van der Waals surface area contributed by atoms with Gasteiger partial charge in [0.2, 0.25) is 0 Å². The van der Waals surface area contributed by atoms with E-state index in [2.05, 4.69) is 22.7 Å². The smallest absolute Gasteiger partial charge is 0.184 e. The molecule has 0 atom stereocenters. The number of thiocarbonyl (C=S) groups is 1. The number of rotatable bonds is 7. The van der Waals surface area contributed by atoms with Crippen LogP contribution in [-0.4, -0.2) is 17.9 Å². The van der Waals surface area contributed by atoms with Gasteiger partial charge in [0, 0.05) is 5.02 Å². The first kappa shape index (κ1) is 18.0. The first-order valence-corrected chi connectivity index (χ1v) is 8.09. The van der Waals surface area contributed by atoms with E-state index in [1.165, 1.54) is 0 Å². The van der Waals surface area contributed by atoms with Gasteiger partial charge >= 0.3 is 0 Å². The molecule has 0 fully saturated rings. The Labute approximate surface area is 151 Å². The number of hydrazone groups is 1. The first-order valence-electron chi connectivity index (χ1n) is 7.31. The fourth-order valence-corrected chi connectivity index (χ4v) is 2.22. The first-order chi connectivity index (χ1) is 11.6. The Morgan fingerprint density at radius 3 is 2.79 bits per heavy atom. The van der Waals surface area contributed by atoms with Crippen molar-refractivity contribution in [3.05, 3.63) is 58.6 Å². The van der Waals surface area contributed by atoms with E-state index in [4.69, 9.17) is 26.8 Å². The second-order valence-electron chi connectivity index (χ2n) is 4.79. The Hall–Kier alpha value is -2.31. The van der Waals surface area contributed by atoms with Crippen LogP contribution in [0.4, 0.5) is 0 Å². The highest BCUT2D eigenvalue weighted by Gasteiger charge is 2.07. The quantitative estimate of drug-likeness (QED) is 0.447. The van der Waals surface area contributed by atoms with Gasteiger partial charge in [-0.2, -0.15) is 5.10 Å². The van der Waals surface area contributed by atoms with E-state index in [9.17, 15) is 0 Å². The summed E-state index contributed by atoms with van der Waals surface area (Å²) in [6, 6.07) is 13.1. The van der Waals surface area contributed by atoms with Crippen LogP contribution >= 0.6 is 23.8 Å². The van der Waals surface area contributed by atoms with Crippen LogP contribution in [0.15, 0.2) is 47.6 Å². The average Bonchev–Trinajstić information content (AvgIpc) is 2.54. The van der Waals surface area contributed by atoms with E-state index in [0.29, 0.717) is 29.7 Å². The van der Waals surface area contributed by atoms with Gasteiger partial charge in [-0.3, -0.25) is 5.43 Å². The number of halogens is 1. The number of nitrogens with zero attached hydrogens (tertiary/aromatic N) is 1.